The minimum absolute atomic E-state index is 0.385. The van der Waals surface area contributed by atoms with Gasteiger partial charge in [-0.3, -0.25) is 5.32 Å². The number of methoxy groups -OCH3 is 2. The molecule has 3 heterocycles. The number of benzene rings is 1. The summed E-state index contributed by atoms with van der Waals surface area (Å²) < 4.78 is 21.6. The first kappa shape index (κ1) is 19.2. The number of urea groups is 1. The molecule has 29 heavy (non-hydrogen) atoms. The summed E-state index contributed by atoms with van der Waals surface area (Å²) in [6.45, 7) is 2.85. The molecule has 1 aliphatic heterocycles. The number of nitrogens with zero attached hydrogens (tertiary/aromatic N) is 2. The van der Waals surface area contributed by atoms with Crippen molar-refractivity contribution < 1.29 is 23.5 Å². The van der Waals surface area contributed by atoms with Gasteiger partial charge in [-0.25, -0.2) is 4.79 Å². The van der Waals surface area contributed by atoms with Gasteiger partial charge >= 0.3 is 6.03 Å². The van der Waals surface area contributed by atoms with Crippen molar-refractivity contribution in [3.63, 3.8) is 0 Å². The second kappa shape index (κ2) is 8.10. The SMILES string of the molecule is COc1cccc(NC(=O)Nc2sc3c(c2-c2nc(C)no2)CCOC3)c1OC. The van der Waals surface area contributed by atoms with Crippen LogP contribution in [0.15, 0.2) is 22.7 Å². The number of anilines is 2. The van der Waals surface area contributed by atoms with E-state index in [4.69, 9.17) is 18.7 Å². The maximum atomic E-state index is 12.7. The van der Waals surface area contributed by atoms with Gasteiger partial charge in [0.1, 0.15) is 5.00 Å². The van der Waals surface area contributed by atoms with E-state index in [1.54, 1.807) is 32.2 Å². The van der Waals surface area contributed by atoms with Crippen molar-refractivity contribution in [2.45, 2.75) is 20.0 Å². The van der Waals surface area contributed by atoms with Crippen LogP contribution in [0.3, 0.4) is 0 Å². The second-order valence-corrected chi connectivity index (χ2v) is 7.38. The highest BCUT2D eigenvalue weighted by atomic mass is 32.1. The van der Waals surface area contributed by atoms with Crippen LogP contribution in [0, 0.1) is 6.92 Å². The zero-order valence-corrected chi connectivity index (χ0v) is 17.0. The summed E-state index contributed by atoms with van der Waals surface area (Å²) in [7, 11) is 3.06. The summed E-state index contributed by atoms with van der Waals surface area (Å²) in [4.78, 5) is 18.1. The van der Waals surface area contributed by atoms with Crippen LogP contribution in [0.4, 0.5) is 15.5 Å². The fraction of sp³-hybridized carbons (Fsp3) is 0.316. The lowest BCUT2D eigenvalue weighted by atomic mass is 10.1. The summed E-state index contributed by atoms with van der Waals surface area (Å²) in [6, 6.07) is 4.83. The standard InChI is InChI=1S/C19H20N4O5S/c1-10-20-17(28-23-10)15-11-7-8-27-9-14(11)29-18(15)22-19(24)21-12-5-4-6-13(25-2)16(12)26-3/h4-6H,7-9H2,1-3H3,(H2,21,22,24). The van der Waals surface area contributed by atoms with Crippen molar-refractivity contribution in [2.75, 3.05) is 31.5 Å². The van der Waals surface area contributed by atoms with Crippen LogP contribution in [0.25, 0.3) is 11.5 Å². The van der Waals surface area contributed by atoms with E-state index in [9.17, 15) is 4.79 Å². The molecule has 1 aromatic carbocycles. The maximum absolute atomic E-state index is 12.7. The molecular formula is C19H20N4O5S. The quantitative estimate of drug-likeness (QED) is 0.650. The Hall–Kier alpha value is -3.11. The zero-order valence-electron chi connectivity index (χ0n) is 16.2. The van der Waals surface area contributed by atoms with Gasteiger partial charge in [-0.2, -0.15) is 4.98 Å². The number of para-hydroxylation sites is 1. The predicted octanol–water partition coefficient (Wildman–Crippen LogP) is 3.84. The Bertz CT molecular complexity index is 1050. The monoisotopic (exact) mass is 416 g/mol. The van der Waals surface area contributed by atoms with Gasteiger partial charge in [0, 0.05) is 4.88 Å². The van der Waals surface area contributed by atoms with E-state index in [0.29, 0.717) is 47.1 Å². The first-order valence-corrected chi connectivity index (χ1v) is 9.74. The molecule has 0 saturated carbocycles. The molecule has 2 aromatic heterocycles. The molecule has 10 heteroatoms. The highest BCUT2D eigenvalue weighted by Gasteiger charge is 2.27. The molecule has 4 rings (SSSR count). The Morgan fingerprint density at radius 3 is 2.83 bits per heavy atom. The summed E-state index contributed by atoms with van der Waals surface area (Å²) in [6.07, 6.45) is 0.718. The van der Waals surface area contributed by atoms with E-state index in [1.165, 1.54) is 18.4 Å². The number of fused-ring (bicyclic) bond motifs is 1. The number of carbonyl (C=O) groups is 1. The van der Waals surface area contributed by atoms with Crippen molar-refractivity contribution in [1.29, 1.82) is 0 Å². The van der Waals surface area contributed by atoms with Crippen molar-refractivity contribution >= 4 is 28.1 Å². The first-order chi connectivity index (χ1) is 14.1. The third-order valence-electron chi connectivity index (χ3n) is 4.44. The van der Waals surface area contributed by atoms with E-state index in [1.807, 2.05) is 0 Å². The minimum Gasteiger partial charge on any atom is -0.493 e. The Morgan fingerprint density at radius 1 is 1.24 bits per heavy atom. The zero-order chi connectivity index (χ0) is 20.4. The summed E-state index contributed by atoms with van der Waals surface area (Å²) in [5.74, 6) is 1.88. The minimum atomic E-state index is -0.423. The smallest absolute Gasteiger partial charge is 0.324 e. The number of ether oxygens (including phenoxy) is 3. The number of carbonyl (C=O) groups excluding carboxylic acids is 1. The Balaban J connectivity index is 1.63. The normalized spacial score (nSPS) is 12.9. The average Bonchev–Trinajstić information content (AvgIpc) is 3.30. The molecule has 0 atom stereocenters. The van der Waals surface area contributed by atoms with Crippen LogP contribution < -0.4 is 20.1 Å². The highest BCUT2D eigenvalue weighted by Crippen LogP contribution is 2.42. The molecule has 2 N–H and O–H groups in total. The summed E-state index contributed by atoms with van der Waals surface area (Å²) in [5.41, 5.74) is 2.31. The maximum Gasteiger partial charge on any atom is 0.324 e. The number of aromatic nitrogens is 2. The number of aryl methyl sites for hydroxylation is 1. The lowest BCUT2D eigenvalue weighted by Crippen LogP contribution is -2.19. The summed E-state index contributed by atoms with van der Waals surface area (Å²) >= 11 is 1.44. The van der Waals surface area contributed by atoms with Gasteiger partial charge in [0.25, 0.3) is 5.89 Å². The number of rotatable bonds is 5. The van der Waals surface area contributed by atoms with Crippen LogP contribution in [0.2, 0.25) is 0 Å². The van der Waals surface area contributed by atoms with Crippen LogP contribution >= 0.6 is 11.3 Å². The highest BCUT2D eigenvalue weighted by molar-refractivity contribution is 7.17. The van der Waals surface area contributed by atoms with Crippen LogP contribution in [-0.4, -0.2) is 37.0 Å². The van der Waals surface area contributed by atoms with Crippen molar-refractivity contribution in [3.05, 3.63) is 34.5 Å². The number of thiophene rings is 1. The largest absolute Gasteiger partial charge is 0.493 e. The molecule has 0 spiro atoms. The number of hydrogen-bond donors (Lipinski definition) is 2. The molecule has 9 nitrogen and oxygen atoms in total. The average molecular weight is 416 g/mol. The van der Waals surface area contributed by atoms with Crippen LogP contribution in [-0.2, 0) is 17.8 Å². The van der Waals surface area contributed by atoms with Gasteiger partial charge < -0.3 is 24.1 Å². The summed E-state index contributed by atoms with van der Waals surface area (Å²) in [5, 5.41) is 10.2. The van der Waals surface area contributed by atoms with E-state index in [2.05, 4.69) is 20.8 Å². The molecule has 3 aromatic rings. The molecule has 0 fully saturated rings. The number of hydrogen-bond acceptors (Lipinski definition) is 8. The van der Waals surface area contributed by atoms with Crippen molar-refractivity contribution in [2.24, 2.45) is 0 Å². The van der Waals surface area contributed by atoms with E-state index in [-0.39, 0.29) is 0 Å². The number of nitrogens with one attached hydrogen (secondary N) is 2. The van der Waals surface area contributed by atoms with Gasteiger partial charge in [-0.1, -0.05) is 11.2 Å². The van der Waals surface area contributed by atoms with Gasteiger partial charge in [0.05, 0.1) is 38.7 Å². The molecule has 0 saturated heterocycles. The third-order valence-corrected chi connectivity index (χ3v) is 5.56. The third kappa shape index (κ3) is 3.76. The van der Waals surface area contributed by atoms with E-state index in [0.717, 1.165) is 22.4 Å². The van der Waals surface area contributed by atoms with Gasteiger partial charge in [-0.15, -0.1) is 11.3 Å². The van der Waals surface area contributed by atoms with Gasteiger partial charge in [-0.05, 0) is 31.0 Å². The van der Waals surface area contributed by atoms with Crippen molar-refractivity contribution in [3.8, 4) is 23.0 Å². The fourth-order valence-corrected chi connectivity index (χ4v) is 4.36. The van der Waals surface area contributed by atoms with E-state index >= 15 is 0 Å². The molecule has 0 bridgehead atoms. The molecular weight excluding hydrogens is 396 g/mol. The molecule has 2 amide bonds. The molecule has 1 aliphatic rings. The fourth-order valence-electron chi connectivity index (χ4n) is 3.19. The molecule has 0 radical (unpaired) electrons. The predicted molar refractivity (Wildman–Crippen MR) is 108 cm³/mol. The first-order valence-electron chi connectivity index (χ1n) is 8.92. The van der Waals surface area contributed by atoms with Crippen LogP contribution in [0.1, 0.15) is 16.3 Å². The van der Waals surface area contributed by atoms with Crippen LogP contribution in [0.5, 0.6) is 11.5 Å². The lowest BCUT2D eigenvalue weighted by Gasteiger charge is -2.14. The molecule has 152 valence electrons. The van der Waals surface area contributed by atoms with Gasteiger partial charge in [0.2, 0.25) is 0 Å². The van der Waals surface area contributed by atoms with E-state index < -0.39 is 6.03 Å². The number of amides is 2. The Kier molecular flexibility index (Phi) is 5.36. The van der Waals surface area contributed by atoms with Gasteiger partial charge in [0.15, 0.2) is 17.3 Å². The topological polar surface area (TPSA) is 108 Å². The second-order valence-electron chi connectivity index (χ2n) is 6.28. The molecule has 0 unspecified atom stereocenters. The Labute approximate surface area is 171 Å². The lowest BCUT2D eigenvalue weighted by molar-refractivity contribution is 0.113. The van der Waals surface area contributed by atoms with Crippen molar-refractivity contribution in [1.82, 2.24) is 10.1 Å². The molecule has 0 aliphatic carbocycles. The Morgan fingerprint density at radius 2 is 2.10 bits per heavy atom.